The zero-order valence-corrected chi connectivity index (χ0v) is 17.0. The van der Waals surface area contributed by atoms with E-state index < -0.39 is 11.9 Å². The first kappa shape index (κ1) is 20.6. The second-order valence-corrected chi connectivity index (χ2v) is 8.15. The lowest BCUT2D eigenvalue weighted by atomic mass is 9.87. The maximum atomic E-state index is 12.6. The summed E-state index contributed by atoms with van der Waals surface area (Å²) in [5.41, 5.74) is 7.48. The average Bonchev–Trinajstić information content (AvgIpc) is 2.90. The van der Waals surface area contributed by atoms with Gasteiger partial charge in [0.05, 0.1) is 17.0 Å². The number of anilines is 1. The molecule has 6 nitrogen and oxygen atoms in total. The molecule has 0 fully saturated rings. The van der Waals surface area contributed by atoms with E-state index in [1.807, 2.05) is 12.1 Å². The molecule has 0 aliphatic rings. The fourth-order valence-electron chi connectivity index (χ4n) is 2.58. The average molecular weight is 388 g/mol. The molecule has 144 valence electrons. The Morgan fingerprint density at radius 3 is 2.22 bits per heavy atom. The zero-order valence-electron chi connectivity index (χ0n) is 16.1. The van der Waals surface area contributed by atoms with Crippen molar-refractivity contribution < 1.29 is 19.1 Å². The van der Waals surface area contributed by atoms with Crippen molar-refractivity contribution in [3.05, 3.63) is 51.4 Å². The summed E-state index contributed by atoms with van der Waals surface area (Å²) in [4.78, 5) is 36.7. The first-order valence-electron chi connectivity index (χ1n) is 8.58. The van der Waals surface area contributed by atoms with Gasteiger partial charge in [-0.25, -0.2) is 4.79 Å². The SMILES string of the molecule is CCOC(=O)c1c(NC(=O)c2ccc(C(C)(C)C)cc2)sc(C(N)=O)c1C. The van der Waals surface area contributed by atoms with Gasteiger partial charge in [-0.3, -0.25) is 9.59 Å². The van der Waals surface area contributed by atoms with Crippen LogP contribution in [0.5, 0.6) is 0 Å². The molecular formula is C20H24N2O4S. The van der Waals surface area contributed by atoms with Crippen molar-refractivity contribution in [1.82, 2.24) is 0 Å². The lowest BCUT2D eigenvalue weighted by Gasteiger charge is -2.19. The van der Waals surface area contributed by atoms with Crippen LogP contribution in [0, 0.1) is 6.92 Å². The summed E-state index contributed by atoms with van der Waals surface area (Å²) in [5.74, 6) is -1.63. The van der Waals surface area contributed by atoms with Crippen LogP contribution in [-0.4, -0.2) is 24.4 Å². The van der Waals surface area contributed by atoms with Crippen LogP contribution in [0.3, 0.4) is 0 Å². The standard InChI is InChI=1S/C20H24N2O4S/c1-6-26-19(25)14-11(2)15(16(21)23)27-18(14)22-17(24)12-7-9-13(10-8-12)20(3,4)5/h7-10H,6H2,1-5H3,(H2,21,23)(H,22,24). The first-order valence-corrected chi connectivity index (χ1v) is 9.40. The summed E-state index contributed by atoms with van der Waals surface area (Å²) in [6.45, 7) is 9.75. The number of carbonyl (C=O) groups excluding carboxylic acids is 3. The second-order valence-electron chi connectivity index (χ2n) is 7.13. The first-order chi connectivity index (χ1) is 12.6. The minimum atomic E-state index is -0.655. The molecule has 0 aliphatic heterocycles. The Kier molecular flexibility index (Phi) is 6.05. The van der Waals surface area contributed by atoms with Gasteiger partial charge in [-0.05, 0) is 42.5 Å². The number of primary amides is 1. The molecular weight excluding hydrogens is 364 g/mol. The van der Waals surface area contributed by atoms with E-state index in [9.17, 15) is 14.4 Å². The Morgan fingerprint density at radius 1 is 1.15 bits per heavy atom. The summed E-state index contributed by atoms with van der Waals surface area (Å²) in [6, 6.07) is 7.26. The van der Waals surface area contributed by atoms with Gasteiger partial charge in [-0.1, -0.05) is 32.9 Å². The van der Waals surface area contributed by atoms with Gasteiger partial charge in [-0.2, -0.15) is 0 Å². The molecule has 27 heavy (non-hydrogen) atoms. The lowest BCUT2D eigenvalue weighted by molar-refractivity contribution is 0.0527. The number of hydrogen-bond donors (Lipinski definition) is 2. The van der Waals surface area contributed by atoms with Crippen LogP contribution < -0.4 is 11.1 Å². The second kappa shape index (κ2) is 7.92. The number of benzene rings is 1. The number of carbonyl (C=O) groups is 3. The van der Waals surface area contributed by atoms with Gasteiger partial charge < -0.3 is 15.8 Å². The maximum Gasteiger partial charge on any atom is 0.341 e. The summed E-state index contributed by atoms with van der Waals surface area (Å²) in [7, 11) is 0. The third-order valence-corrected chi connectivity index (χ3v) is 5.31. The van der Waals surface area contributed by atoms with E-state index >= 15 is 0 Å². The smallest absolute Gasteiger partial charge is 0.341 e. The monoisotopic (exact) mass is 388 g/mol. The Labute approximate surface area is 162 Å². The molecule has 7 heteroatoms. The molecule has 0 bridgehead atoms. The fraction of sp³-hybridized carbons (Fsp3) is 0.350. The highest BCUT2D eigenvalue weighted by molar-refractivity contribution is 7.18. The lowest BCUT2D eigenvalue weighted by Crippen LogP contribution is -2.16. The molecule has 0 radical (unpaired) electrons. The van der Waals surface area contributed by atoms with E-state index in [1.165, 1.54) is 0 Å². The fourth-order valence-corrected chi connectivity index (χ4v) is 3.62. The minimum Gasteiger partial charge on any atom is -0.462 e. The molecule has 3 N–H and O–H groups in total. The van der Waals surface area contributed by atoms with Gasteiger partial charge in [0, 0.05) is 5.56 Å². The number of hydrogen-bond acceptors (Lipinski definition) is 5. The summed E-state index contributed by atoms with van der Waals surface area (Å²) in [5, 5.41) is 2.97. The normalized spacial score (nSPS) is 11.1. The Morgan fingerprint density at radius 2 is 1.74 bits per heavy atom. The molecule has 1 aromatic carbocycles. The van der Waals surface area contributed by atoms with Gasteiger partial charge in [0.15, 0.2) is 0 Å². The van der Waals surface area contributed by atoms with E-state index in [4.69, 9.17) is 10.5 Å². The molecule has 0 atom stereocenters. The summed E-state index contributed by atoms with van der Waals surface area (Å²) < 4.78 is 5.05. The quantitative estimate of drug-likeness (QED) is 0.759. The van der Waals surface area contributed by atoms with Crippen LogP contribution in [0.15, 0.2) is 24.3 Å². The Hall–Kier alpha value is -2.67. The number of ether oxygens (including phenoxy) is 1. The van der Waals surface area contributed by atoms with Gasteiger partial charge in [0.2, 0.25) is 0 Å². The van der Waals surface area contributed by atoms with Crippen LogP contribution in [0.4, 0.5) is 5.00 Å². The molecule has 2 amide bonds. The van der Waals surface area contributed by atoms with Crippen molar-refractivity contribution in [2.24, 2.45) is 5.73 Å². The van der Waals surface area contributed by atoms with Crippen molar-refractivity contribution in [2.75, 3.05) is 11.9 Å². The van der Waals surface area contributed by atoms with Crippen LogP contribution in [0.2, 0.25) is 0 Å². The molecule has 1 heterocycles. The molecule has 1 aromatic heterocycles. The molecule has 0 spiro atoms. The number of esters is 1. The predicted molar refractivity (Wildman–Crippen MR) is 107 cm³/mol. The number of thiophene rings is 1. The van der Waals surface area contributed by atoms with Gasteiger partial charge in [0.25, 0.3) is 11.8 Å². The molecule has 0 saturated carbocycles. The van der Waals surface area contributed by atoms with E-state index in [2.05, 4.69) is 26.1 Å². The van der Waals surface area contributed by atoms with Crippen molar-refractivity contribution in [3.63, 3.8) is 0 Å². The highest BCUT2D eigenvalue weighted by atomic mass is 32.1. The Balaban J connectivity index is 2.35. The molecule has 0 saturated heterocycles. The van der Waals surface area contributed by atoms with E-state index in [0.29, 0.717) is 11.1 Å². The van der Waals surface area contributed by atoms with E-state index in [1.54, 1.807) is 26.0 Å². The largest absolute Gasteiger partial charge is 0.462 e. The van der Waals surface area contributed by atoms with Gasteiger partial charge in [-0.15, -0.1) is 11.3 Å². The number of nitrogens with two attached hydrogens (primary N) is 1. The topological polar surface area (TPSA) is 98.5 Å². The Bertz CT molecular complexity index is 877. The van der Waals surface area contributed by atoms with Crippen molar-refractivity contribution in [2.45, 2.75) is 40.0 Å². The van der Waals surface area contributed by atoms with Crippen LogP contribution >= 0.6 is 11.3 Å². The molecule has 0 aliphatic carbocycles. The van der Waals surface area contributed by atoms with Crippen LogP contribution in [0.1, 0.15) is 69.2 Å². The minimum absolute atomic E-state index is 0.0205. The van der Waals surface area contributed by atoms with E-state index in [0.717, 1.165) is 16.9 Å². The zero-order chi connectivity index (χ0) is 20.4. The maximum absolute atomic E-state index is 12.6. The van der Waals surface area contributed by atoms with Gasteiger partial charge >= 0.3 is 5.97 Å². The third-order valence-electron chi connectivity index (χ3n) is 4.09. The summed E-state index contributed by atoms with van der Waals surface area (Å²) >= 11 is 0.971. The van der Waals surface area contributed by atoms with Crippen molar-refractivity contribution in [1.29, 1.82) is 0 Å². The predicted octanol–water partition coefficient (Wildman–Crippen LogP) is 3.88. The van der Waals surface area contributed by atoms with Gasteiger partial charge in [0.1, 0.15) is 5.00 Å². The molecule has 2 aromatic rings. The highest BCUT2D eigenvalue weighted by Crippen LogP contribution is 2.34. The number of amides is 2. The highest BCUT2D eigenvalue weighted by Gasteiger charge is 2.26. The van der Waals surface area contributed by atoms with E-state index in [-0.39, 0.29) is 33.4 Å². The van der Waals surface area contributed by atoms with Crippen LogP contribution in [-0.2, 0) is 10.2 Å². The third kappa shape index (κ3) is 4.54. The number of nitrogens with one attached hydrogen (secondary N) is 1. The van der Waals surface area contributed by atoms with Crippen molar-refractivity contribution in [3.8, 4) is 0 Å². The molecule has 0 unspecified atom stereocenters. The number of rotatable bonds is 5. The summed E-state index contributed by atoms with van der Waals surface area (Å²) in [6.07, 6.45) is 0. The van der Waals surface area contributed by atoms with Crippen molar-refractivity contribution >= 4 is 34.1 Å². The molecule has 2 rings (SSSR count). The van der Waals surface area contributed by atoms with Crippen LogP contribution in [0.25, 0.3) is 0 Å².